The fourth-order valence-electron chi connectivity index (χ4n) is 1.24. The third kappa shape index (κ3) is 2.07. The predicted molar refractivity (Wildman–Crippen MR) is 45.1 cm³/mol. The molecule has 0 bridgehead atoms. The highest BCUT2D eigenvalue weighted by Crippen LogP contribution is 2.14. The summed E-state index contributed by atoms with van der Waals surface area (Å²) in [7, 11) is 0. The molecule has 2 unspecified atom stereocenters. The van der Waals surface area contributed by atoms with Crippen molar-refractivity contribution in [1.82, 2.24) is 9.80 Å². The fraction of sp³-hybridized carbons (Fsp3) is 0.714. The van der Waals surface area contributed by atoms with Crippen LogP contribution in [-0.2, 0) is 4.79 Å². The number of amides is 3. The third-order valence-corrected chi connectivity index (χ3v) is 2.01. The van der Waals surface area contributed by atoms with Gasteiger partial charge in [0.2, 0.25) is 0 Å². The van der Waals surface area contributed by atoms with Crippen LogP contribution >= 0.6 is 0 Å². The highest BCUT2D eigenvalue weighted by Gasteiger charge is 2.42. The van der Waals surface area contributed by atoms with Gasteiger partial charge in [0.1, 0.15) is 6.54 Å². The Morgan fingerprint density at radius 2 is 1.67 bits per heavy atom. The Morgan fingerprint density at radius 1 is 1.13 bits per heavy atom. The van der Waals surface area contributed by atoms with E-state index in [2.05, 4.69) is 0 Å². The monoisotopic (exact) mass is 220 g/mol. The Balaban J connectivity index is 2.79. The van der Waals surface area contributed by atoms with Gasteiger partial charge in [0.05, 0.1) is 13.2 Å². The Labute approximate surface area is 84.9 Å². The molecule has 1 heterocycles. The van der Waals surface area contributed by atoms with Gasteiger partial charge in [-0.05, 0) is 0 Å². The molecule has 0 saturated carbocycles. The van der Waals surface area contributed by atoms with E-state index in [4.69, 9.17) is 20.4 Å². The molecule has 3 amide bonds. The summed E-state index contributed by atoms with van der Waals surface area (Å²) in [5, 5.41) is 35.5. The number of aliphatic hydroxyl groups is 4. The largest absolute Gasteiger partial charge is 0.392 e. The minimum atomic E-state index is -1.62. The lowest BCUT2D eigenvalue weighted by Crippen LogP contribution is -2.45. The third-order valence-electron chi connectivity index (χ3n) is 2.01. The number of carbonyl (C=O) groups is 2. The summed E-state index contributed by atoms with van der Waals surface area (Å²) in [6.45, 7) is -1.92. The van der Waals surface area contributed by atoms with E-state index in [0.29, 0.717) is 9.80 Å². The zero-order valence-electron chi connectivity index (χ0n) is 7.78. The van der Waals surface area contributed by atoms with E-state index in [1.807, 2.05) is 0 Å². The summed E-state index contributed by atoms with van der Waals surface area (Å²) in [4.78, 5) is 23.7. The van der Waals surface area contributed by atoms with E-state index in [1.54, 1.807) is 0 Å². The van der Waals surface area contributed by atoms with Crippen LogP contribution in [-0.4, -0.2) is 74.4 Å². The van der Waals surface area contributed by atoms with Gasteiger partial charge in [0.15, 0.2) is 12.5 Å². The average molecular weight is 220 g/mol. The van der Waals surface area contributed by atoms with Gasteiger partial charge in [-0.25, -0.2) is 9.69 Å². The van der Waals surface area contributed by atoms with Crippen LogP contribution in [0.3, 0.4) is 0 Å². The number of urea groups is 1. The molecule has 1 fully saturated rings. The molecule has 1 aliphatic rings. The van der Waals surface area contributed by atoms with Gasteiger partial charge in [-0.15, -0.1) is 0 Å². The summed E-state index contributed by atoms with van der Waals surface area (Å²) < 4.78 is 0. The number of aliphatic hydroxyl groups excluding tert-OH is 4. The maximum Gasteiger partial charge on any atom is 0.331 e. The first kappa shape index (κ1) is 11.9. The van der Waals surface area contributed by atoms with Gasteiger partial charge in [0.25, 0.3) is 5.91 Å². The summed E-state index contributed by atoms with van der Waals surface area (Å²) in [6.07, 6.45) is -3.11. The topological polar surface area (TPSA) is 122 Å². The van der Waals surface area contributed by atoms with Crippen LogP contribution in [0.4, 0.5) is 4.79 Å². The lowest BCUT2D eigenvalue weighted by molar-refractivity contribution is -0.134. The first-order valence-electron chi connectivity index (χ1n) is 4.23. The van der Waals surface area contributed by atoms with Crippen molar-refractivity contribution in [2.45, 2.75) is 12.5 Å². The number of imide groups is 1. The zero-order chi connectivity index (χ0) is 11.6. The quantitative estimate of drug-likeness (QED) is 0.372. The average Bonchev–Trinajstić information content (AvgIpc) is 2.52. The smallest absolute Gasteiger partial charge is 0.331 e. The van der Waals surface area contributed by atoms with Gasteiger partial charge in [0, 0.05) is 0 Å². The molecule has 2 atom stereocenters. The van der Waals surface area contributed by atoms with Crippen molar-refractivity contribution in [3.63, 3.8) is 0 Å². The van der Waals surface area contributed by atoms with Gasteiger partial charge < -0.3 is 20.4 Å². The second-order valence-corrected chi connectivity index (χ2v) is 3.00. The SMILES string of the molecule is O=C1CN(C(O)CO)C(=O)N1C(O)CO. The maximum atomic E-state index is 11.4. The molecular formula is C7H12N2O6. The van der Waals surface area contributed by atoms with Crippen molar-refractivity contribution in [3.05, 3.63) is 0 Å². The van der Waals surface area contributed by atoms with Crippen molar-refractivity contribution in [1.29, 1.82) is 0 Å². The Hall–Kier alpha value is -1.22. The minimum absolute atomic E-state index is 0.429. The molecule has 0 radical (unpaired) electrons. The van der Waals surface area contributed by atoms with Crippen LogP contribution in [0.2, 0.25) is 0 Å². The number of nitrogens with zero attached hydrogens (tertiary/aromatic N) is 2. The van der Waals surface area contributed by atoms with E-state index in [-0.39, 0.29) is 0 Å². The normalized spacial score (nSPS) is 21.1. The Morgan fingerprint density at radius 3 is 2.13 bits per heavy atom. The second-order valence-electron chi connectivity index (χ2n) is 3.00. The molecule has 0 spiro atoms. The number of hydrogen-bond acceptors (Lipinski definition) is 6. The number of hydrogen-bond donors (Lipinski definition) is 4. The van der Waals surface area contributed by atoms with E-state index in [9.17, 15) is 9.59 Å². The van der Waals surface area contributed by atoms with Crippen LogP contribution in [0, 0.1) is 0 Å². The molecule has 0 aliphatic carbocycles. The van der Waals surface area contributed by atoms with E-state index < -0.39 is 44.2 Å². The van der Waals surface area contributed by atoms with Gasteiger partial charge in [-0.1, -0.05) is 0 Å². The maximum absolute atomic E-state index is 11.4. The predicted octanol–water partition coefficient (Wildman–Crippen LogP) is -3.13. The van der Waals surface area contributed by atoms with E-state index in [0.717, 1.165) is 0 Å². The van der Waals surface area contributed by atoms with Crippen molar-refractivity contribution < 1.29 is 30.0 Å². The van der Waals surface area contributed by atoms with Crippen LogP contribution in [0.5, 0.6) is 0 Å². The molecule has 0 aromatic rings. The first-order valence-corrected chi connectivity index (χ1v) is 4.23. The fourth-order valence-corrected chi connectivity index (χ4v) is 1.24. The molecule has 0 aromatic carbocycles. The van der Waals surface area contributed by atoms with Crippen LogP contribution in [0.1, 0.15) is 0 Å². The number of carbonyl (C=O) groups excluding carboxylic acids is 2. The highest BCUT2D eigenvalue weighted by molar-refractivity contribution is 6.02. The molecule has 8 heteroatoms. The highest BCUT2D eigenvalue weighted by atomic mass is 16.4. The summed E-state index contributed by atoms with van der Waals surface area (Å²) in [5.41, 5.74) is 0. The Bertz CT molecular complexity index is 270. The second kappa shape index (κ2) is 4.53. The molecule has 1 saturated heterocycles. The van der Waals surface area contributed by atoms with Crippen molar-refractivity contribution in [3.8, 4) is 0 Å². The van der Waals surface area contributed by atoms with Gasteiger partial charge in [-0.2, -0.15) is 0 Å². The number of rotatable bonds is 4. The summed E-state index contributed by atoms with van der Waals surface area (Å²) in [6, 6.07) is -0.942. The molecule has 86 valence electrons. The van der Waals surface area contributed by atoms with Crippen molar-refractivity contribution in [2.75, 3.05) is 19.8 Å². The van der Waals surface area contributed by atoms with E-state index in [1.165, 1.54) is 0 Å². The molecule has 4 N–H and O–H groups in total. The van der Waals surface area contributed by atoms with Crippen LogP contribution in [0.25, 0.3) is 0 Å². The van der Waals surface area contributed by atoms with Gasteiger partial charge in [-0.3, -0.25) is 9.69 Å². The molecular weight excluding hydrogens is 208 g/mol. The van der Waals surface area contributed by atoms with Gasteiger partial charge >= 0.3 is 6.03 Å². The van der Waals surface area contributed by atoms with Crippen LogP contribution in [0.15, 0.2) is 0 Å². The van der Waals surface area contributed by atoms with Crippen molar-refractivity contribution >= 4 is 11.9 Å². The minimum Gasteiger partial charge on any atom is -0.392 e. The van der Waals surface area contributed by atoms with Crippen molar-refractivity contribution in [2.24, 2.45) is 0 Å². The molecule has 1 aliphatic heterocycles. The van der Waals surface area contributed by atoms with E-state index >= 15 is 0 Å². The summed E-state index contributed by atoms with van der Waals surface area (Å²) in [5.74, 6) is -0.742. The standard InChI is InChI=1S/C7H12N2O6/c10-2-5(13)8-1-4(12)9(7(8)15)6(14)3-11/h5-6,10-11,13-14H,1-3H2. The lowest BCUT2D eigenvalue weighted by Gasteiger charge is -2.22. The molecule has 1 rings (SSSR count). The Kier molecular flexibility index (Phi) is 3.58. The molecule has 0 aromatic heterocycles. The molecule has 8 nitrogen and oxygen atoms in total. The first-order chi connectivity index (χ1) is 7.02. The molecule has 15 heavy (non-hydrogen) atoms. The zero-order valence-corrected chi connectivity index (χ0v) is 7.78. The lowest BCUT2D eigenvalue weighted by atomic mass is 10.5. The summed E-state index contributed by atoms with van der Waals surface area (Å²) >= 11 is 0. The van der Waals surface area contributed by atoms with Crippen LogP contribution < -0.4 is 0 Å².